The van der Waals surface area contributed by atoms with Gasteiger partial charge in [0.1, 0.15) is 0 Å². The van der Waals surface area contributed by atoms with Crippen molar-refractivity contribution in [3.05, 3.63) is 64.0 Å². The van der Waals surface area contributed by atoms with E-state index >= 15 is 0 Å². The third-order valence-corrected chi connectivity index (χ3v) is 3.57. The van der Waals surface area contributed by atoms with Crippen molar-refractivity contribution < 1.29 is 9.72 Å². The lowest BCUT2D eigenvalue weighted by Crippen LogP contribution is -2.36. The van der Waals surface area contributed by atoms with Crippen LogP contribution >= 0.6 is 0 Å². The number of amides is 1. The Labute approximate surface area is 129 Å². The number of carbonyl (C=O) groups excluding carboxylic acids is 1. The first-order valence-electron chi connectivity index (χ1n) is 7.05. The monoisotopic (exact) mass is 301 g/mol. The zero-order chi connectivity index (χ0) is 16.3. The molecule has 6 heteroatoms. The van der Waals surface area contributed by atoms with Gasteiger partial charge in [0, 0.05) is 42.7 Å². The molecule has 1 aromatic carbocycles. The summed E-state index contributed by atoms with van der Waals surface area (Å²) in [5.41, 5.74) is 1.26. The van der Waals surface area contributed by atoms with Gasteiger partial charge in [0.15, 0.2) is 0 Å². The Balaban J connectivity index is 2.28. The van der Waals surface area contributed by atoms with Crippen LogP contribution in [-0.4, -0.2) is 26.3 Å². The van der Waals surface area contributed by atoms with Crippen LogP contribution in [-0.2, 0) is 13.6 Å². The Morgan fingerprint density at radius 2 is 2.05 bits per heavy atom. The summed E-state index contributed by atoms with van der Waals surface area (Å²) in [6, 6.07) is 9.71. The molecule has 0 fully saturated rings. The van der Waals surface area contributed by atoms with Crippen LogP contribution in [0.2, 0.25) is 0 Å². The third kappa shape index (κ3) is 3.33. The van der Waals surface area contributed by atoms with Crippen molar-refractivity contribution >= 4 is 11.6 Å². The fraction of sp³-hybridized carbons (Fsp3) is 0.312. The average molecular weight is 301 g/mol. The van der Waals surface area contributed by atoms with E-state index in [9.17, 15) is 14.9 Å². The van der Waals surface area contributed by atoms with Gasteiger partial charge in [-0.3, -0.25) is 14.9 Å². The molecule has 1 amide bonds. The lowest BCUT2D eigenvalue weighted by atomic mass is 10.1. The van der Waals surface area contributed by atoms with Crippen LogP contribution in [0.15, 0.2) is 42.6 Å². The Hall–Kier alpha value is -2.63. The second-order valence-corrected chi connectivity index (χ2v) is 5.44. The van der Waals surface area contributed by atoms with Crippen molar-refractivity contribution in [3.63, 3.8) is 0 Å². The van der Waals surface area contributed by atoms with E-state index in [0.717, 1.165) is 5.69 Å². The van der Waals surface area contributed by atoms with Crippen molar-refractivity contribution in [2.75, 3.05) is 0 Å². The second kappa shape index (κ2) is 6.43. The highest BCUT2D eigenvalue weighted by atomic mass is 16.6. The summed E-state index contributed by atoms with van der Waals surface area (Å²) in [5, 5.41) is 10.9. The van der Waals surface area contributed by atoms with Crippen molar-refractivity contribution in [1.82, 2.24) is 9.47 Å². The maximum Gasteiger partial charge on any atom is 0.270 e. The number of rotatable bonds is 5. The molecule has 0 atom stereocenters. The van der Waals surface area contributed by atoms with E-state index in [1.54, 1.807) is 11.0 Å². The van der Waals surface area contributed by atoms with Crippen LogP contribution in [0.5, 0.6) is 0 Å². The molecular formula is C16H19N3O3. The molecular weight excluding hydrogens is 282 g/mol. The summed E-state index contributed by atoms with van der Waals surface area (Å²) in [4.78, 5) is 24.8. The highest BCUT2D eigenvalue weighted by Gasteiger charge is 2.21. The number of hydrogen-bond acceptors (Lipinski definition) is 3. The predicted molar refractivity (Wildman–Crippen MR) is 83.5 cm³/mol. The van der Waals surface area contributed by atoms with Gasteiger partial charge in [-0.15, -0.1) is 0 Å². The van der Waals surface area contributed by atoms with Crippen molar-refractivity contribution in [3.8, 4) is 0 Å². The molecule has 0 bridgehead atoms. The molecule has 0 N–H and O–H groups in total. The first kappa shape index (κ1) is 15.8. The first-order chi connectivity index (χ1) is 10.4. The molecule has 0 aliphatic carbocycles. The summed E-state index contributed by atoms with van der Waals surface area (Å²) >= 11 is 0. The molecule has 1 aromatic heterocycles. The number of benzene rings is 1. The van der Waals surface area contributed by atoms with Gasteiger partial charge in [-0.25, -0.2) is 0 Å². The molecule has 0 saturated carbocycles. The van der Waals surface area contributed by atoms with Gasteiger partial charge in [-0.05, 0) is 32.0 Å². The Kier molecular flexibility index (Phi) is 4.60. The minimum Gasteiger partial charge on any atom is -0.353 e. The van der Waals surface area contributed by atoms with Crippen LogP contribution in [0.3, 0.4) is 0 Å². The minimum atomic E-state index is -0.492. The highest BCUT2D eigenvalue weighted by Crippen LogP contribution is 2.18. The number of non-ortho nitro benzene ring substituents is 1. The Bertz CT molecular complexity index is 691. The van der Waals surface area contributed by atoms with Crippen LogP contribution in [0.25, 0.3) is 0 Å². The third-order valence-electron chi connectivity index (χ3n) is 3.57. The summed E-state index contributed by atoms with van der Waals surface area (Å²) < 4.78 is 1.95. The molecule has 2 aromatic rings. The van der Waals surface area contributed by atoms with Crippen LogP contribution < -0.4 is 0 Å². The van der Waals surface area contributed by atoms with E-state index in [0.29, 0.717) is 12.1 Å². The number of nitro groups is 1. The van der Waals surface area contributed by atoms with Crippen molar-refractivity contribution in [2.24, 2.45) is 7.05 Å². The van der Waals surface area contributed by atoms with E-state index in [-0.39, 0.29) is 17.6 Å². The van der Waals surface area contributed by atoms with E-state index in [1.807, 2.05) is 43.8 Å². The molecule has 0 unspecified atom stereocenters. The number of hydrogen-bond donors (Lipinski definition) is 0. The van der Waals surface area contributed by atoms with Crippen molar-refractivity contribution in [1.29, 1.82) is 0 Å². The molecule has 0 saturated heterocycles. The molecule has 0 radical (unpaired) electrons. The topological polar surface area (TPSA) is 68.4 Å². The first-order valence-corrected chi connectivity index (χ1v) is 7.05. The molecule has 22 heavy (non-hydrogen) atoms. The van der Waals surface area contributed by atoms with Gasteiger partial charge in [-0.1, -0.05) is 6.07 Å². The number of carbonyl (C=O) groups is 1. The van der Waals surface area contributed by atoms with Crippen molar-refractivity contribution in [2.45, 2.75) is 26.4 Å². The van der Waals surface area contributed by atoms with E-state index < -0.39 is 4.92 Å². The van der Waals surface area contributed by atoms with E-state index in [1.165, 1.54) is 18.2 Å². The standard InChI is InChI=1S/C16H19N3O3/c1-12(2)18(11-15-8-5-9-17(15)3)16(20)13-6-4-7-14(10-13)19(21)22/h4-10,12H,11H2,1-3H3. The van der Waals surface area contributed by atoms with Gasteiger partial charge < -0.3 is 9.47 Å². The predicted octanol–water partition coefficient (Wildman–Crippen LogP) is 2.98. The maximum atomic E-state index is 12.7. The fourth-order valence-corrected chi connectivity index (χ4v) is 2.24. The number of nitro benzene ring substituents is 1. The van der Waals surface area contributed by atoms with Gasteiger partial charge in [0.05, 0.1) is 11.5 Å². The minimum absolute atomic E-state index is 0.0123. The fourth-order valence-electron chi connectivity index (χ4n) is 2.24. The SMILES string of the molecule is CC(C)N(Cc1cccn1C)C(=O)c1cccc([N+](=O)[O-])c1. The lowest BCUT2D eigenvalue weighted by molar-refractivity contribution is -0.384. The maximum absolute atomic E-state index is 12.7. The number of nitrogens with zero attached hydrogens (tertiary/aromatic N) is 3. The van der Waals surface area contributed by atoms with E-state index in [4.69, 9.17) is 0 Å². The highest BCUT2D eigenvalue weighted by molar-refractivity contribution is 5.95. The van der Waals surface area contributed by atoms with Gasteiger partial charge in [0.25, 0.3) is 11.6 Å². The Morgan fingerprint density at radius 1 is 1.32 bits per heavy atom. The quantitative estimate of drug-likeness (QED) is 0.629. The average Bonchev–Trinajstić information content (AvgIpc) is 2.89. The zero-order valence-electron chi connectivity index (χ0n) is 12.9. The zero-order valence-corrected chi connectivity index (χ0v) is 12.9. The second-order valence-electron chi connectivity index (χ2n) is 5.44. The molecule has 0 aliphatic heterocycles. The largest absolute Gasteiger partial charge is 0.353 e. The molecule has 116 valence electrons. The molecule has 6 nitrogen and oxygen atoms in total. The normalized spacial score (nSPS) is 10.7. The Morgan fingerprint density at radius 3 is 2.59 bits per heavy atom. The number of aryl methyl sites for hydroxylation is 1. The van der Waals surface area contributed by atoms with Gasteiger partial charge in [0.2, 0.25) is 0 Å². The lowest BCUT2D eigenvalue weighted by Gasteiger charge is -2.27. The van der Waals surface area contributed by atoms with Crippen LogP contribution in [0.1, 0.15) is 29.9 Å². The molecule has 0 aliphatic rings. The summed E-state index contributed by atoms with van der Waals surface area (Å²) in [5.74, 6) is -0.208. The molecule has 0 spiro atoms. The smallest absolute Gasteiger partial charge is 0.270 e. The van der Waals surface area contributed by atoms with Gasteiger partial charge >= 0.3 is 0 Å². The van der Waals surface area contributed by atoms with Gasteiger partial charge in [-0.2, -0.15) is 0 Å². The molecule has 1 heterocycles. The van der Waals surface area contributed by atoms with Crippen LogP contribution in [0.4, 0.5) is 5.69 Å². The van der Waals surface area contributed by atoms with Crippen LogP contribution in [0, 0.1) is 10.1 Å². The summed E-state index contributed by atoms with van der Waals surface area (Å²) in [6.07, 6.45) is 1.92. The number of aromatic nitrogens is 1. The summed E-state index contributed by atoms with van der Waals surface area (Å²) in [7, 11) is 1.92. The van der Waals surface area contributed by atoms with E-state index in [2.05, 4.69) is 0 Å². The molecule has 2 rings (SSSR count). The summed E-state index contributed by atoms with van der Waals surface area (Å²) in [6.45, 7) is 4.32.